The molecule has 6 nitrogen and oxygen atoms in total. The molecule has 0 spiro atoms. The van der Waals surface area contributed by atoms with E-state index in [1.54, 1.807) is 42.7 Å². The molecule has 134 valence electrons. The van der Waals surface area contributed by atoms with E-state index in [0.717, 1.165) is 11.1 Å². The van der Waals surface area contributed by atoms with Gasteiger partial charge in [-0.25, -0.2) is 0 Å². The van der Waals surface area contributed by atoms with Gasteiger partial charge in [-0.2, -0.15) is 0 Å². The lowest BCUT2D eigenvalue weighted by molar-refractivity contribution is -0.130. The summed E-state index contributed by atoms with van der Waals surface area (Å²) >= 11 is 0. The number of hydrogen-bond donors (Lipinski definition) is 1. The number of rotatable bonds is 6. The number of carbonyl (C=O) groups is 2. The van der Waals surface area contributed by atoms with Gasteiger partial charge in [0.05, 0.1) is 18.2 Å². The van der Waals surface area contributed by atoms with Crippen molar-refractivity contribution in [1.29, 1.82) is 0 Å². The SMILES string of the molecule is CCOc1ccc(C2C(C(C)=O)=C(O)C(=O)N2Cc2cccnc2)cc1. The molecule has 0 saturated carbocycles. The minimum absolute atomic E-state index is 0.114. The van der Waals surface area contributed by atoms with Crippen molar-refractivity contribution in [3.8, 4) is 5.75 Å². The summed E-state index contributed by atoms with van der Waals surface area (Å²) in [5.74, 6) is -0.668. The molecule has 1 aliphatic rings. The summed E-state index contributed by atoms with van der Waals surface area (Å²) in [7, 11) is 0. The zero-order valence-electron chi connectivity index (χ0n) is 14.7. The second-order valence-corrected chi connectivity index (χ2v) is 6.02. The van der Waals surface area contributed by atoms with Gasteiger partial charge in [-0.1, -0.05) is 18.2 Å². The second kappa shape index (κ2) is 7.39. The average Bonchev–Trinajstić information content (AvgIpc) is 2.89. The Bertz CT molecular complexity index is 844. The van der Waals surface area contributed by atoms with Gasteiger partial charge in [0.2, 0.25) is 0 Å². The Morgan fingerprint density at radius 1 is 1.27 bits per heavy atom. The predicted molar refractivity (Wildman–Crippen MR) is 95.5 cm³/mol. The molecule has 0 bridgehead atoms. The first-order valence-corrected chi connectivity index (χ1v) is 8.39. The van der Waals surface area contributed by atoms with Crippen LogP contribution in [0, 0.1) is 0 Å². The van der Waals surface area contributed by atoms with E-state index in [1.165, 1.54) is 11.8 Å². The van der Waals surface area contributed by atoms with E-state index in [9.17, 15) is 14.7 Å². The van der Waals surface area contributed by atoms with E-state index in [1.807, 2.05) is 13.0 Å². The zero-order chi connectivity index (χ0) is 18.7. The van der Waals surface area contributed by atoms with Crippen LogP contribution in [0.2, 0.25) is 0 Å². The Morgan fingerprint density at radius 2 is 2.00 bits per heavy atom. The van der Waals surface area contributed by atoms with E-state index in [2.05, 4.69) is 4.98 Å². The fraction of sp³-hybridized carbons (Fsp3) is 0.250. The Morgan fingerprint density at radius 3 is 2.58 bits per heavy atom. The number of aliphatic hydroxyl groups is 1. The van der Waals surface area contributed by atoms with Crippen LogP contribution in [0.3, 0.4) is 0 Å². The van der Waals surface area contributed by atoms with Crippen LogP contribution < -0.4 is 4.74 Å². The number of aromatic nitrogens is 1. The number of hydrogen-bond acceptors (Lipinski definition) is 5. The zero-order valence-corrected chi connectivity index (χ0v) is 14.7. The average molecular weight is 352 g/mol. The summed E-state index contributed by atoms with van der Waals surface area (Å²) in [5.41, 5.74) is 1.66. The summed E-state index contributed by atoms with van der Waals surface area (Å²) in [6, 6.07) is 10.2. The van der Waals surface area contributed by atoms with Crippen LogP contribution in [0.25, 0.3) is 0 Å². The number of benzene rings is 1. The van der Waals surface area contributed by atoms with Gasteiger partial charge in [-0.3, -0.25) is 14.6 Å². The molecule has 26 heavy (non-hydrogen) atoms. The summed E-state index contributed by atoms with van der Waals surface area (Å²) in [4.78, 5) is 30.3. The van der Waals surface area contributed by atoms with Gasteiger partial charge >= 0.3 is 0 Å². The summed E-state index contributed by atoms with van der Waals surface area (Å²) in [6.45, 7) is 4.04. The van der Waals surface area contributed by atoms with Gasteiger partial charge < -0.3 is 14.7 Å². The molecular formula is C20H20N2O4. The highest BCUT2D eigenvalue weighted by molar-refractivity contribution is 6.08. The fourth-order valence-electron chi connectivity index (χ4n) is 3.12. The van der Waals surface area contributed by atoms with Gasteiger partial charge in [-0.05, 0) is 43.2 Å². The maximum absolute atomic E-state index is 12.6. The maximum atomic E-state index is 12.6. The first kappa shape index (κ1) is 17.7. The van der Waals surface area contributed by atoms with Gasteiger partial charge in [0.25, 0.3) is 5.91 Å². The molecule has 1 amide bonds. The highest BCUT2D eigenvalue weighted by Crippen LogP contribution is 2.39. The fourth-order valence-corrected chi connectivity index (χ4v) is 3.12. The Labute approximate surface area is 151 Å². The van der Waals surface area contributed by atoms with Crippen molar-refractivity contribution in [2.24, 2.45) is 0 Å². The van der Waals surface area contributed by atoms with Gasteiger partial charge in [0.1, 0.15) is 5.75 Å². The molecule has 1 aliphatic heterocycles. The lowest BCUT2D eigenvalue weighted by Crippen LogP contribution is -2.30. The van der Waals surface area contributed by atoms with Crippen molar-refractivity contribution in [2.75, 3.05) is 6.61 Å². The van der Waals surface area contributed by atoms with Crippen LogP contribution in [0.1, 0.15) is 31.0 Å². The number of carbonyl (C=O) groups excluding carboxylic acids is 2. The van der Waals surface area contributed by atoms with E-state index >= 15 is 0 Å². The van der Waals surface area contributed by atoms with Crippen molar-refractivity contribution >= 4 is 11.7 Å². The molecule has 1 N–H and O–H groups in total. The topological polar surface area (TPSA) is 79.7 Å². The van der Waals surface area contributed by atoms with Crippen LogP contribution in [0.4, 0.5) is 0 Å². The highest BCUT2D eigenvalue weighted by Gasteiger charge is 2.42. The Balaban J connectivity index is 1.99. The quantitative estimate of drug-likeness (QED) is 0.864. The normalized spacial score (nSPS) is 16.9. The third-order valence-electron chi connectivity index (χ3n) is 4.27. The summed E-state index contributed by atoms with van der Waals surface area (Å²) in [6.07, 6.45) is 3.31. The molecule has 1 aromatic heterocycles. The van der Waals surface area contributed by atoms with Crippen LogP contribution in [-0.2, 0) is 16.1 Å². The van der Waals surface area contributed by atoms with E-state index in [4.69, 9.17) is 4.74 Å². The van der Waals surface area contributed by atoms with Crippen molar-refractivity contribution in [1.82, 2.24) is 9.88 Å². The molecule has 1 unspecified atom stereocenters. The largest absolute Gasteiger partial charge is 0.503 e. The number of nitrogens with zero attached hydrogens (tertiary/aromatic N) is 2. The Kier molecular flexibility index (Phi) is 5.02. The monoisotopic (exact) mass is 352 g/mol. The number of Topliss-reactive ketones (excluding diaryl/α,β-unsaturated/α-hetero) is 1. The molecule has 2 heterocycles. The van der Waals surface area contributed by atoms with Crippen molar-refractivity contribution in [3.63, 3.8) is 0 Å². The lowest BCUT2D eigenvalue weighted by atomic mass is 9.96. The van der Waals surface area contributed by atoms with E-state index < -0.39 is 17.7 Å². The first-order valence-electron chi connectivity index (χ1n) is 8.39. The third kappa shape index (κ3) is 3.31. The maximum Gasteiger partial charge on any atom is 0.290 e. The number of pyridine rings is 1. The smallest absolute Gasteiger partial charge is 0.290 e. The summed E-state index contributed by atoms with van der Waals surface area (Å²) in [5, 5.41) is 10.3. The third-order valence-corrected chi connectivity index (χ3v) is 4.27. The summed E-state index contributed by atoms with van der Waals surface area (Å²) < 4.78 is 5.45. The molecule has 1 aromatic carbocycles. The first-order chi connectivity index (χ1) is 12.5. The molecule has 0 fully saturated rings. The number of ketones is 1. The second-order valence-electron chi connectivity index (χ2n) is 6.02. The molecule has 6 heteroatoms. The standard InChI is InChI=1S/C20H20N2O4/c1-3-26-16-8-6-15(7-9-16)18-17(13(2)23)19(24)20(25)22(18)12-14-5-4-10-21-11-14/h4-11,18,24H,3,12H2,1-2H3. The molecule has 0 aliphatic carbocycles. The Hall–Kier alpha value is -3.15. The van der Waals surface area contributed by atoms with Crippen molar-refractivity contribution in [2.45, 2.75) is 26.4 Å². The van der Waals surface area contributed by atoms with E-state index in [0.29, 0.717) is 12.4 Å². The molecule has 3 rings (SSSR count). The van der Waals surface area contributed by atoms with Crippen molar-refractivity contribution < 1.29 is 19.4 Å². The molecule has 0 radical (unpaired) electrons. The van der Waals surface area contributed by atoms with Crippen LogP contribution in [0.5, 0.6) is 5.75 Å². The van der Waals surface area contributed by atoms with Crippen LogP contribution >= 0.6 is 0 Å². The number of amides is 1. The van der Waals surface area contributed by atoms with Gasteiger partial charge in [0.15, 0.2) is 11.5 Å². The van der Waals surface area contributed by atoms with Crippen molar-refractivity contribution in [3.05, 3.63) is 71.3 Å². The lowest BCUT2D eigenvalue weighted by Gasteiger charge is -2.26. The van der Waals surface area contributed by atoms with Gasteiger partial charge in [-0.15, -0.1) is 0 Å². The van der Waals surface area contributed by atoms with Crippen LogP contribution in [-0.4, -0.2) is 33.3 Å². The highest BCUT2D eigenvalue weighted by atomic mass is 16.5. The molecular weight excluding hydrogens is 332 g/mol. The van der Waals surface area contributed by atoms with Gasteiger partial charge in [0, 0.05) is 18.9 Å². The minimum Gasteiger partial charge on any atom is -0.503 e. The molecule has 0 saturated heterocycles. The van der Waals surface area contributed by atoms with E-state index in [-0.39, 0.29) is 17.9 Å². The minimum atomic E-state index is -0.643. The number of ether oxygens (including phenoxy) is 1. The predicted octanol–water partition coefficient (Wildman–Crippen LogP) is 2.96. The number of aliphatic hydroxyl groups excluding tert-OH is 1. The molecule has 1 atom stereocenters. The van der Waals surface area contributed by atoms with Crippen LogP contribution in [0.15, 0.2) is 60.1 Å². The molecule has 2 aromatic rings.